The van der Waals surface area contributed by atoms with E-state index in [0.717, 1.165) is 13.0 Å². The molecule has 0 saturated heterocycles. The van der Waals surface area contributed by atoms with E-state index >= 15 is 0 Å². The minimum absolute atomic E-state index is 0.0203. The zero-order chi connectivity index (χ0) is 7.61. The highest BCUT2D eigenvalue weighted by atomic mass is 16.5. The third kappa shape index (κ3) is 1.60. The van der Waals surface area contributed by atoms with Crippen LogP contribution in [0.25, 0.3) is 0 Å². The molecule has 0 bridgehead atoms. The molecule has 1 aliphatic rings. The van der Waals surface area contributed by atoms with Gasteiger partial charge in [0.25, 0.3) is 0 Å². The average Bonchev–Trinajstić information content (AvgIpc) is 1.96. The van der Waals surface area contributed by atoms with Crippen LogP contribution in [0.2, 0.25) is 0 Å². The largest absolute Gasteiger partial charge is 0.371 e. The molecule has 10 heavy (non-hydrogen) atoms. The predicted molar refractivity (Wildman–Crippen MR) is 43.0 cm³/mol. The van der Waals surface area contributed by atoms with Gasteiger partial charge < -0.3 is 4.74 Å². The third-order valence-electron chi connectivity index (χ3n) is 2.16. The van der Waals surface area contributed by atoms with Gasteiger partial charge in [0, 0.05) is 0 Å². The lowest BCUT2D eigenvalue weighted by Gasteiger charge is -2.30. The van der Waals surface area contributed by atoms with Crippen LogP contribution in [0, 0.1) is 5.92 Å². The molecule has 1 heterocycles. The monoisotopic (exact) mass is 140 g/mol. The molecule has 0 N–H and O–H groups in total. The smallest absolute Gasteiger partial charge is 0.0832 e. The fourth-order valence-electron chi connectivity index (χ4n) is 1.01. The Labute approximate surface area is 63.1 Å². The summed E-state index contributed by atoms with van der Waals surface area (Å²) < 4.78 is 5.64. The van der Waals surface area contributed by atoms with Crippen molar-refractivity contribution in [2.24, 2.45) is 5.92 Å². The number of hydrogen-bond donors (Lipinski definition) is 0. The van der Waals surface area contributed by atoms with Gasteiger partial charge in [-0.25, -0.2) is 0 Å². The Bertz CT molecular complexity index is 140. The zero-order valence-electron chi connectivity index (χ0n) is 7.05. The second-order valence-electron chi connectivity index (χ2n) is 3.31. The van der Waals surface area contributed by atoms with Crippen LogP contribution in [-0.4, -0.2) is 12.2 Å². The van der Waals surface area contributed by atoms with E-state index in [1.165, 1.54) is 0 Å². The molecular weight excluding hydrogens is 124 g/mol. The molecular formula is C9H16O. The first-order chi connectivity index (χ1) is 4.66. The summed E-state index contributed by atoms with van der Waals surface area (Å²) in [6.45, 7) is 7.34. The van der Waals surface area contributed by atoms with Crippen molar-refractivity contribution in [1.82, 2.24) is 0 Å². The van der Waals surface area contributed by atoms with Crippen molar-refractivity contribution in [1.29, 1.82) is 0 Å². The Kier molecular flexibility index (Phi) is 2.14. The summed E-state index contributed by atoms with van der Waals surface area (Å²) in [4.78, 5) is 0. The highest BCUT2D eigenvalue weighted by molar-refractivity contribution is 5.04. The minimum Gasteiger partial charge on any atom is -0.371 e. The molecule has 0 fully saturated rings. The number of hydrogen-bond acceptors (Lipinski definition) is 1. The first-order valence-corrected chi connectivity index (χ1v) is 3.99. The second kappa shape index (κ2) is 2.75. The Morgan fingerprint density at radius 2 is 2.40 bits per heavy atom. The molecule has 0 amide bonds. The molecule has 2 unspecified atom stereocenters. The predicted octanol–water partition coefficient (Wildman–Crippen LogP) is 2.38. The maximum absolute atomic E-state index is 5.64. The second-order valence-corrected chi connectivity index (χ2v) is 3.31. The van der Waals surface area contributed by atoms with Crippen LogP contribution in [0.4, 0.5) is 0 Å². The number of rotatable bonds is 1. The lowest BCUT2D eigenvalue weighted by molar-refractivity contribution is -0.0178. The molecule has 1 aliphatic heterocycles. The zero-order valence-corrected chi connectivity index (χ0v) is 7.05. The van der Waals surface area contributed by atoms with E-state index in [2.05, 4.69) is 32.9 Å². The summed E-state index contributed by atoms with van der Waals surface area (Å²) in [5.74, 6) is 0.597. The van der Waals surface area contributed by atoms with Crippen LogP contribution < -0.4 is 0 Å². The number of ether oxygens (including phenoxy) is 1. The van der Waals surface area contributed by atoms with Crippen LogP contribution in [-0.2, 0) is 4.74 Å². The molecule has 0 radical (unpaired) electrons. The lowest BCUT2D eigenvalue weighted by atomic mass is 9.97. The Morgan fingerprint density at radius 3 is 2.80 bits per heavy atom. The quantitative estimate of drug-likeness (QED) is 0.508. The van der Waals surface area contributed by atoms with Crippen LogP contribution in [0.1, 0.15) is 27.2 Å². The molecule has 0 aliphatic carbocycles. The average molecular weight is 140 g/mol. The van der Waals surface area contributed by atoms with Gasteiger partial charge in [-0.15, -0.1) is 0 Å². The Hall–Kier alpha value is -0.300. The maximum atomic E-state index is 5.64. The van der Waals surface area contributed by atoms with Crippen LogP contribution in [0.3, 0.4) is 0 Å². The van der Waals surface area contributed by atoms with Crippen molar-refractivity contribution < 1.29 is 4.74 Å². The minimum atomic E-state index is 0.0203. The molecule has 58 valence electrons. The van der Waals surface area contributed by atoms with Gasteiger partial charge in [-0.05, 0) is 19.3 Å². The maximum Gasteiger partial charge on any atom is 0.0832 e. The first kappa shape index (κ1) is 7.80. The van der Waals surface area contributed by atoms with Gasteiger partial charge >= 0.3 is 0 Å². The molecule has 2 atom stereocenters. The summed E-state index contributed by atoms with van der Waals surface area (Å²) >= 11 is 0. The molecule has 1 nitrogen and oxygen atoms in total. The van der Waals surface area contributed by atoms with Crippen LogP contribution in [0.5, 0.6) is 0 Å². The summed E-state index contributed by atoms with van der Waals surface area (Å²) in [5, 5.41) is 0. The highest BCUT2D eigenvalue weighted by Crippen LogP contribution is 2.23. The SMILES string of the molecule is CCC1(C)C=CC(C)CO1. The molecule has 0 spiro atoms. The first-order valence-electron chi connectivity index (χ1n) is 3.99. The molecule has 1 heteroatoms. The van der Waals surface area contributed by atoms with Gasteiger partial charge in [0.15, 0.2) is 0 Å². The van der Waals surface area contributed by atoms with E-state index in [4.69, 9.17) is 4.74 Å². The van der Waals surface area contributed by atoms with Crippen molar-refractivity contribution in [2.45, 2.75) is 32.8 Å². The summed E-state index contributed by atoms with van der Waals surface area (Å²) in [6, 6.07) is 0. The van der Waals surface area contributed by atoms with E-state index in [1.54, 1.807) is 0 Å². The molecule has 0 saturated carbocycles. The topological polar surface area (TPSA) is 9.23 Å². The van der Waals surface area contributed by atoms with Crippen LogP contribution in [0.15, 0.2) is 12.2 Å². The van der Waals surface area contributed by atoms with Crippen molar-refractivity contribution in [3.63, 3.8) is 0 Å². The lowest BCUT2D eigenvalue weighted by Crippen LogP contribution is -2.30. The van der Waals surface area contributed by atoms with Gasteiger partial charge in [0.1, 0.15) is 0 Å². The van der Waals surface area contributed by atoms with Gasteiger partial charge in [-0.2, -0.15) is 0 Å². The highest BCUT2D eigenvalue weighted by Gasteiger charge is 2.22. The summed E-state index contributed by atoms with van der Waals surface area (Å²) in [7, 11) is 0. The molecule has 0 aromatic carbocycles. The molecule has 1 rings (SSSR count). The molecule has 0 aromatic heterocycles. The van der Waals surface area contributed by atoms with Gasteiger partial charge in [0.2, 0.25) is 0 Å². The van der Waals surface area contributed by atoms with Crippen LogP contribution >= 0.6 is 0 Å². The van der Waals surface area contributed by atoms with Crippen molar-refractivity contribution in [3.05, 3.63) is 12.2 Å². The Morgan fingerprint density at radius 1 is 1.70 bits per heavy atom. The van der Waals surface area contributed by atoms with Crippen molar-refractivity contribution in [2.75, 3.05) is 6.61 Å². The van der Waals surface area contributed by atoms with Crippen molar-refractivity contribution >= 4 is 0 Å². The van der Waals surface area contributed by atoms with E-state index in [1.807, 2.05) is 0 Å². The van der Waals surface area contributed by atoms with E-state index in [0.29, 0.717) is 5.92 Å². The Balaban J connectivity index is 2.59. The normalized spacial score (nSPS) is 40.1. The van der Waals surface area contributed by atoms with E-state index in [9.17, 15) is 0 Å². The summed E-state index contributed by atoms with van der Waals surface area (Å²) in [6.07, 6.45) is 5.49. The van der Waals surface area contributed by atoms with Gasteiger partial charge in [0.05, 0.1) is 12.2 Å². The van der Waals surface area contributed by atoms with E-state index in [-0.39, 0.29) is 5.60 Å². The van der Waals surface area contributed by atoms with Gasteiger partial charge in [-0.1, -0.05) is 26.0 Å². The standard InChI is InChI=1S/C9H16O/c1-4-9(3)6-5-8(2)7-10-9/h5-6,8H,4,7H2,1-3H3. The summed E-state index contributed by atoms with van der Waals surface area (Å²) in [5.41, 5.74) is 0.0203. The fourth-order valence-corrected chi connectivity index (χ4v) is 1.01. The third-order valence-corrected chi connectivity index (χ3v) is 2.16. The van der Waals surface area contributed by atoms with E-state index < -0.39 is 0 Å². The van der Waals surface area contributed by atoms with Crippen molar-refractivity contribution in [3.8, 4) is 0 Å². The van der Waals surface area contributed by atoms with Gasteiger partial charge in [-0.3, -0.25) is 0 Å². The molecule has 0 aromatic rings. The fraction of sp³-hybridized carbons (Fsp3) is 0.778.